The van der Waals surface area contributed by atoms with Crippen molar-refractivity contribution in [2.45, 2.75) is 59.5 Å². The van der Waals surface area contributed by atoms with Crippen LogP contribution in [0, 0.1) is 0 Å². The summed E-state index contributed by atoms with van der Waals surface area (Å²) in [6, 6.07) is 53.9. The van der Waals surface area contributed by atoms with E-state index < -0.39 is 12.2 Å². The minimum absolute atomic E-state index is 0.375. The van der Waals surface area contributed by atoms with Gasteiger partial charge >= 0.3 is 0 Å². The van der Waals surface area contributed by atoms with E-state index in [-0.39, 0.29) is 0 Å². The maximum atomic E-state index is 11.1. The van der Waals surface area contributed by atoms with Crippen molar-refractivity contribution in [1.82, 2.24) is 0 Å². The highest BCUT2D eigenvalue weighted by Gasteiger charge is 2.15. The molecule has 0 heterocycles. The van der Waals surface area contributed by atoms with Crippen molar-refractivity contribution >= 4 is 70.5 Å². The molecule has 2 unspecified atom stereocenters. The lowest BCUT2D eigenvalue weighted by Gasteiger charge is -2.23. The summed E-state index contributed by atoms with van der Waals surface area (Å²) in [6.45, 7) is 13.3. The Morgan fingerprint density at radius 2 is 0.762 bits per heavy atom. The quantitative estimate of drug-likeness (QED) is 0.0351. The molecule has 0 amide bonds. The molecule has 0 saturated heterocycles. The van der Waals surface area contributed by atoms with Crippen LogP contribution in [0.3, 0.4) is 0 Å². The molecular weight excluding hydrogens is 837 g/mol. The van der Waals surface area contributed by atoms with E-state index in [0.717, 1.165) is 68.3 Å². The third-order valence-corrected chi connectivity index (χ3v) is 13.7. The summed E-state index contributed by atoms with van der Waals surface area (Å²) in [5, 5.41) is 35.6. The second-order valence-corrected chi connectivity index (χ2v) is 18.2. The minimum atomic E-state index is -0.591. The van der Waals surface area contributed by atoms with Crippen molar-refractivity contribution in [3.05, 3.63) is 169 Å². The summed E-state index contributed by atoms with van der Waals surface area (Å²) >= 11 is 5.00. The topological polar surface area (TPSA) is 78.1 Å². The van der Waals surface area contributed by atoms with Gasteiger partial charge in [-0.2, -0.15) is 10.2 Å². The molecule has 6 rings (SSSR count). The van der Waals surface area contributed by atoms with Crippen LogP contribution in [0.2, 0.25) is 0 Å². The summed E-state index contributed by atoms with van der Waals surface area (Å²) in [7, 11) is 0. The molecule has 11 heteroatoms. The number of thioether (sulfide) groups is 2. The average Bonchev–Trinajstić information content (AvgIpc) is 3.33. The molecule has 0 radical (unpaired) electrons. The fraction of sp³-hybridized carbons (Fsp3) is 0.269. The van der Waals surface area contributed by atoms with Crippen LogP contribution in [0.1, 0.15) is 38.8 Å². The Morgan fingerprint density at radius 3 is 1.10 bits per heavy atom. The summed E-state index contributed by atoms with van der Waals surface area (Å²) in [5.74, 6) is 1.09. The van der Waals surface area contributed by atoms with Crippen molar-refractivity contribution in [2.75, 3.05) is 70.6 Å². The van der Waals surface area contributed by atoms with Crippen molar-refractivity contribution < 1.29 is 10.2 Å². The molecule has 0 spiro atoms. The van der Waals surface area contributed by atoms with E-state index in [2.05, 4.69) is 135 Å². The van der Waals surface area contributed by atoms with Crippen LogP contribution in [0.5, 0.6) is 0 Å². The van der Waals surface area contributed by atoms with Gasteiger partial charge in [-0.05, 0) is 136 Å². The average molecular weight is 897 g/mol. The molecule has 2 N–H and O–H groups in total. The Hall–Kier alpha value is -5.17. The number of aliphatic hydroxyl groups is 2. The number of benzene rings is 6. The lowest BCUT2D eigenvalue weighted by molar-refractivity contribution is 0.204. The molecule has 328 valence electrons. The SMILES string of the molecule is CCN(CC)c1ccc(/C=N/N(CC(O)CSc2ccc(Sc3ccc(SCC(O)CN(/N=C/c4ccc(N(CC)CC)cc4)c4ccccc4)cc3)cc2)c2ccccc2)cc1. The van der Waals surface area contributed by atoms with Gasteiger partial charge in [-0.15, -0.1) is 23.5 Å². The zero-order chi connectivity index (χ0) is 44.2. The molecular formula is C52H60N6O2S3. The van der Waals surface area contributed by atoms with Gasteiger partial charge < -0.3 is 20.0 Å². The first-order chi connectivity index (χ1) is 30.8. The Balaban J connectivity index is 0.965. The predicted octanol–water partition coefficient (Wildman–Crippen LogP) is 11.5. The number of hydrogen-bond acceptors (Lipinski definition) is 11. The van der Waals surface area contributed by atoms with Gasteiger partial charge in [-0.25, -0.2) is 0 Å². The smallest absolute Gasteiger partial charge is 0.0830 e. The largest absolute Gasteiger partial charge is 0.390 e. The van der Waals surface area contributed by atoms with Crippen LogP contribution in [0.4, 0.5) is 22.7 Å². The molecule has 6 aromatic carbocycles. The Kier molecular flexibility index (Phi) is 18.9. The van der Waals surface area contributed by atoms with Gasteiger partial charge in [0, 0.05) is 68.6 Å². The lowest BCUT2D eigenvalue weighted by Crippen LogP contribution is -2.30. The van der Waals surface area contributed by atoms with E-state index in [1.165, 1.54) is 11.4 Å². The van der Waals surface area contributed by atoms with Gasteiger partial charge in [-0.1, -0.05) is 72.4 Å². The number of rotatable bonds is 24. The van der Waals surface area contributed by atoms with Gasteiger partial charge in [-0.3, -0.25) is 10.0 Å². The first-order valence-corrected chi connectivity index (χ1v) is 24.6. The molecule has 0 bridgehead atoms. The molecule has 0 saturated carbocycles. The maximum absolute atomic E-state index is 11.1. The number of hydrogen-bond donors (Lipinski definition) is 2. The van der Waals surface area contributed by atoms with Crippen LogP contribution < -0.4 is 19.8 Å². The van der Waals surface area contributed by atoms with Crippen LogP contribution in [0.15, 0.2) is 188 Å². The number of para-hydroxylation sites is 2. The van der Waals surface area contributed by atoms with Crippen molar-refractivity contribution in [2.24, 2.45) is 10.2 Å². The Labute approximate surface area is 387 Å². The number of aliphatic hydroxyl groups excluding tert-OH is 2. The monoisotopic (exact) mass is 896 g/mol. The molecule has 2 atom stereocenters. The highest BCUT2D eigenvalue weighted by molar-refractivity contribution is 8.00. The molecule has 0 aliphatic carbocycles. The highest BCUT2D eigenvalue weighted by atomic mass is 32.2. The van der Waals surface area contributed by atoms with Crippen molar-refractivity contribution in [1.29, 1.82) is 0 Å². The van der Waals surface area contributed by atoms with Gasteiger partial charge in [0.05, 0.1) is 49.1 Å². The van der Waals surface area contributed by atoms with Crippen LogP contribution >= 0.6 is 35.3 Å². The molecule has 0 aromatic heterocycles. The first kappa shape index (κ1) is 47.3. The summed E-state index contributed by atoms with van der Waals surface area (Å²) in [4.78, 5) is 9.14. The number of nitrogens with zero attached hydrogens (tertiary/aromatic N) is 6. The molecule has 0 fully saturated rings. The van der Waals surface area contributed by atoms with Crippen LogP contribution in [-0.2, 0) is 0 Å². The van der Waals surface area contributed by atoms with E-state index >= 15 is 0 Å². The number of hydrazone groups is 2. The Bertz CT molecular complexity index is 2090. The zero-order valence-electron chi connectivity index (χ0n) is 36.8. The predicted molar refractivity (Wildman–Crippen MR) is 273 cm³/mol. The standard InChI is InChI=1S/C52H60N6O2S3/c1-5-55(6-2)43-23-19-41(20-24-43)35-53-57(45-15-11-9-12-16-45)37-47(59)39-61-49-27-31-51(32-28-49)63-52-33-29-50(30-34-52)62-40-48(60)38-58(46-17-13-10-14-18-46)54-36-42-21-25-44(26-22-42)56(7-3)8-4/h9-36,47-48,59-60H,5-8,37-40H2,1-4H3/b53-35+,54-36+. The molecule has 0 aliphatic heterocycles. The van der Waals surface area contributed by atoms with E-state index in [1.807, 2.05) is 83.1 Å². The van der Waals surface area contributed by atoms with Gasteiger partial charge in [0.1, 0.15) is 0 Å². The molecule has 0 aliphatic rings. The van der Waals surface area contributed by atoms with Crippen molar-refractivity contribution in [3.8, 4) is 0 Å². The normalized spacial score (nSPS) is 12.4. The lowest BCUT2D eigenvalue weighted by atomic mass is 10.2. The minimum Gasteiger partial charge on any atom is -0.390 e. The van der Waals surface area contributed by atoms with Gasteiger partial charge in [0.25, 0.3) is 0 Å². The molecule has 6 aromatic rings. The van der Waals surface area contributed by atoms with Crippen LogP contribution in [0.25, 0.3) is 0 Å². The fourth-order valence-corrected chi connectivity index (χ4v) is 9.32. The van der Waals surface area contributed by atoms with E-state index in [0.29, 0.717) is 24.6 Å². The Morgan fingerprint density at radius 1 is 0.429 bits per heavy atom. The van der Waals surface area contributed by atoms with Crippen LogP contribution in [-0.4, -0.2) is 85.6 Å². The number of anilines is 4. The third-order valence-electron chi connectivity index (χ3n) is 10.4. The van der Waals surface area contributed by atoms with Crippen molar-refractivity contribution in [3.63, 3.8) is 0 Å². The fourth-order valence-electron chi connectivity index (χ4n) is 6.86. The first-order valence-electron chi connectivity index (χ1n) is 21.8. The second-order valence-electron chi connectivity index (χ2n) is 14.8. The third kappa shape index (κ3) is 15.0. The second kappa shape index (κ2) is 25.2. The van der Waals surface area contributed by atoms with Gasteiger partial charge in [0.2, 0.25) is 0 Å². The molecule has 63 heavy (non-hydrogen) atoms. The van der Waals surface area contributed by atoms with E-state index in [9.17, 15) is 10.2 Å². The van der Waals surface area contributed by atoms with Gasteiger partial charge in [0.15, 0.2) is 0 Å². The zero-order valence-corrected chi connectivity index (χ0v) is 39.2. The molecule has 8 nitrogen and oxygen atoms in total. The summed E-state index contributed by atoms with van der Waals surface area (Å²) in [5.41, 5.74) is 6.29. The summed E-state index contributed by atoms with van der Waals surface area (Å²) in [6.07, 6.45) is 2.54. The van der Waals surface area contributed by atoms with E-state index in [1.54, 1.807) is 35.3 Å². The van der Waals surface area contributed by atoms with E-state index in [4.69, 9.17) is 10.2 Å². The maximum Gasteiger partial charge on any atom is 0.0830 e. The summed E-state index contributed by atoms with van der Waals surface area (Å²) < 4.78 is 0. The highest BCUT2D eigenvalue weighted by Crippen LogP contribution is 2.32.